The zero-order valence-electron chi connectivity index (χ0n) is 8.58. The van der Waals surface area contributed by atoms with Crippen molar-refractivity contribution in [3.05, 3.63) is 22.8 Å². The summed E-state index contributed by atoms with van der Waals surface area (Å²) in [5, 5.41) is 10.2. The highest BCUT2D eigenvalue weighted by atomic mass is 35.5. The van der Waals surface area contributed by atoms with Crippen molar-refractivity contribution in [3.63, 3.8) is 0 Å². The van der Waals surface area contributed by atoms with Gasteiger partial charge in [-0.15, -0.1) is 0 Å². The van der Waals surface area contributed by atoms with E-state index in [1.54, 1.807) is 0 Å². The van der Waals surface area contributed by atoms with Crippen LogP contribution >= 0.6 is 11.6 Å². The summed E-state index contributed by atoms with van der Waals surface area (Å²) < 4.78 is 0. The van der Waals surface area contributed by atoms with E-state index in [0.29, 0.717) is 11.5 Å². The molecule has 0 radical (unpaired) electrons. The fraction of sp³-hybridized carbons (Fsp3) is 0.583. The predicted octanol–water partition coefficient (Wildman–Crippen LogP) is 2.56. The first kappa shape index (κ1) is 10.9. The average molecular weight is 227 g/mol. The summed E-state index contributed by atoms with van der Waals surface area (Å²) in [6.45, 7) is 0. The Morgan fingerprint density at radius 3 is 2.73 bits per heavy atom. The van der Waals surface area contributed by atoms with Crippen molar-refractivity contribution < 1.29 is 9.90 Å². The van der Waals surface area contributed by atoms with Crippen LogP contribution in [-0.4, -0.2) is 17.0 Å². The Balaban J connectivity index is 2.19. The van der Waals surface area contributed by atoms with Crippen LogP contribution < -0.4 is 0 Å². The van der Waals surface area contributed by atoms with Crippen molar-refractivity contribution in [3.8, 4) is 0 Å². The number of rotatable bonds is 1. The number of hydrogen-bond acceptors (Lipinski definition) is 2. The predicted molar refractivity (Wildman–Crippen MR) is 59.6 cm³/mol. The molecule has 0 amide bonds. The first-order chi connectivity index (χ1) is 7.20. The Morgan fingerprint density at radius 2 is 2.00 bits per heavy atom. The summed E-state index contributed by atoms with van der Waals surface area (Å²) in [5.74, 6) is -0.223. The molecule has 0 aromatic heterocycles. The molecule has 2 aliphatic rings. The van der Waals surface area contributed by atoms with Gasteiger partial charge in [0.05, 0.1) is 0 Å². The molecule has 2 nitrogen and oxygen atoms in total. The van der Waals surface area contributed by atoms with Crippen LogP contribution in [0.25, 0.3) is 0 Å². The largest absolute Gasteiger partial charge is 0.385 e. The maximum atomic E-state index is 11.8. The Kier molecular flexibility index (Phi) is 3.27. The smallest absolute Gasteiger partial charge is 0.168 e. The highest BCUT2D eigenvalue weighted by molar-refractivity contribution is 6.32. The first-order valence-corrected chi connectivity index (χ1v) is 5.86. The molecule has 15 heavy (non-hydrogen) atoms. The fourth-order valence-corrected chi connectivity index (χ4v) is 2.63. The molecule has 2 rings (SSSR count). The zero-order valence-corrected chi connectivity index (χ0v) is 9.33. The molecular formula is C12H15ClO2. The van der Waals surface area contributed by atoms with Gasteiger partial charge in [0, 0.05) is 11.0 Å². The van der Waals surface area contributed by atoms with E-state index in [4.69, 9.17) is 11.6 Å². The number of ketones is 1. The summed E-state index contributed by atoms with van der Waals surface area (Å²) in [6.07, 6.45) is 7.45. The number of aliphatic hydroxyl groups excluding tert-OH is 1. The molecule has 2 atom stereocenters. The van der Waals surface area contributed by atoms with E-state index in [9.17, 15) is 9.90 Å². The number of Topliss-reactive ketones (excluding diaryl/α,β-unsaturated/α-hetero) is 1. The molecule has 0 spiro atoms. The first-order valence-electron chi connectivity index (χ1n) is 5.48. The zero-order chi connectivity index (χ0) is 10.8. The minimum absolute atomic E-state index is 0.0547. The van der Waals surface area contributed by atoms with Crippen molar-refractivity contribution in [2.45, 2.75) is 38.2 Å². The topological polar surface area (TPSA) is 37.3 Å². The van der Waals surface area contributed by atoms with E-state index in [2.05, 4.69) is 0 Å². The summed E-state index contributed by atoms with van der Waals surface area (Å²) in [7, 11) is 0. The molecule has 0 unspecified atom stereocenters. The Labute approximate surface area is 94.6 Å². The van der Waals surface area contributed by atoms with E-state index in [1.165, 1.54) is 0 Å². The number of carbonyl (C=O) groups is 1. The molecule has 1 saturated carbocycles. The second-order valence-electron chi connectivity index (χ2n) is 4.19. The van der Waals surface area contributed by atoms with Crippen LogP contribution in [-0.2, 0) is 4.79 Å². The lowest BCUT2D eigenvalue weighted by Crippen LogP contribution is -2.33. The van der Waals surface area contributed by atoms with Gasteiger partial charge in [0.15, 0.2) is 5.78 Å². The Bertz CT molecular complexity index is 331. The Hall–Kier alpha value is -0.600. The molecule has 0 aromatic carbocycles. The van der Waals surface area contributed by atoms with Gasteiger partial charge in [0.25, 0.3) is 0 Å². The molecule has 2 aliphatic carbocycles. The van der Waals surface area contributed by atoms with Gasteiger partial charge in [-0.3, -0.25) is 4.79 Å². The highest BCUT2D eigenvalue weighted by Gasteiger charge is 2.33. The van der Waals surface area contributed by atoms with E-state index in [1.807, 2.05) is 12.2 Å². The van der Waals surface area contributed by atoms with Crippen molar-refractivity contribution >= 4 is 17.4 Å². The van der Waals surface area contributed by atoms with Crippen LogP contribution in [0, 0.1) is 5.92 Å². The summed E-state index contributed by atoms with van der Waals surface area (Å²) in [4.78, 5) is 11.8. The van der Waals surface area contributed by atoms with E-state index >= 15 is 0 Å². The van der Waals surface area contributed by atoms with Crippen LogP contribution in [0.2, 0.25) is 0 Å². The molecule has 0 heterocycles. The van der Waals surface area contributed by atoms with Crippen LogP contribution in [0.4, 0.5) is 0 Å². The molecule has 1 fully saturated rings. The highest BCUT2D eigenvalue weighted by Crippen LogP contribution is 2.35. The lowest BCUT2D eigenvalue weighted by Gasteiger charge is -2.27. The van der Waals surface area contributed by atoms with E-state index < -0.39 is 6.10 Å². The maximum absolute atomic E-state index is 11.8. The van der Waals surface area contributed by atoms with Gasteiger partial charge < -0.3 is 5.11 Å². The summed E-state index contributed by atoms with van der Waals surface area (Å²) in [5.41, 5.74) is 0.937. The third kappa shape index (κ3) is 2.16. The number of carbonyl (C=O) groups excluding carboxylic acids is 1. The lowest BCUT2D eigenvalue weighted by atomic mass is 9.79. The molecular weight excluding hydrogens is 212 g/mol. The number of hydrogen-bond donors (Lipinski definition) is 1. The number of allylic oxidation sites excluding steroid dienone is 4. The monoisotopic (exact) mass is 226 g/mol. The van der Waals surface area contributed by atoms with Gasteiger partial charge in [-0.1, -0.05) is 23.8 Å². The van der Waals surface area contributed by atoms with Crippen LogP contribution in [0.15, 0.2) is 22.8 Å². The second kappa shape index (κ2) is 4.50. The number of halogens is 1. The minimum Gasteiger partial charge on any atom is -0.385 e. The molecule has 0 aromatic rings. The third-order valence-electron chi connectivity index (χ3n) is 3.15. The SMILES string of the molecule is O=C1[C@H](C2=CCCC=C2Cl)CCC[C@H]1O. The van der Waals surface area contributed by atoms with Crippen molar-refractivity contribution in [2.75, 3.05) is 0 Å². The third-order valence-corrected chi connectivity index (χ3v) is 3.52. The summed E-state index contributed by atoms with van der Waals surface area (Å²) in [6, 6.07) is 0. The van der Waals surface area contributed by atoms with Crippen LogP contribution in [0.5, 0.6) is 0 Å². The molecule has 3 heteroatoms. The molecule has 0 saturated heterocycles. The lowest BCUT2D eigenvalue weighted by molar-refractivity contribution is -0.132. The minimum atomic E-state index is -0.781. The number of aliphatic hydroxyl groups is 1. The van der Waals surface area contributed by atoms with E-state index in [0.717, 1.165) is 31.3 Å². The second-order valence-corrected chi connectivity index (χ2v) is 4.60. The van der Waals surface area contributed by atoms with Gasteiger partial charge in [-0.05, 0) is 37.7 Å². The molecule has 1 N–H and O–H groups in total. The van der Waals surface area contributed by atoms with Gasteiger partial charge in [0.2, 0.25) is 0 Å². The maximum Gasteiger partial charge on any atom is 0.168 e. The fourth-order valence-electron chi connectivity index (χ4n) is 2.31. The Morgan fingerprint density at radius 1 is 1.27 bits per heavy atom. The average Bonchev–Trinajstić information content (AvgIpc) is 2.23. The van der Waals surface area contributed by atoms with Crippen molar-refractivity contribution in [1.29, 1.82) is 0 Å². The standard InChI is InChI=1S/C12H15ClO2/c13-10-6-2-1-4-8(10)9-5-3-7-11(14)12(9)15/h4,6,9,11,14H,1-3,5,7H2/t9-,11+/m0/s1. The molecule has 0 bridgehead atoms. The van der Waals surface area contributed by atoms with Gasteiger partial charge in [-0.2, -0.15) is 0 Å². The molecule has 82 valence electrons. The van der Waals surface area contributed by atoms with Crippen molar-refractivity contribution in [1.82, 2.24) is 0 Å². The van der Waals surface area contributed by atoms with E-state index in [-0.39, 0.29) is 11.7 Å². The van der Waals surface area contributed by atoms with Gasteiger partial charge in [0.1, 0.15) is 6.10 Å². The van der Waals surface area contributed by atoms with Gasteiger partial charge >= 0.3 is 0 Å². The van der Waals surface area contributed by atoms with Crippen LogP contribution in [0.1, 0.15) is 32.1 Å². The van der Waals surface area contributed by atoms with Gasteiger partial charge in [-0.25, -0.2) is 0 Å². The normalized spacial score (nSPS) is 32.3. The summed E-state index contributed by atoms with van der Waals surface area (Å²) >= 11 is 6.09. The van der Waals surface area contributed by atoms with Crippen molar-refractivity contribution in [2.24, 2.45) is 5.92 Å². The van der Waals surface area contributed by atoms with Crippen LogP contribution in [0.3, 0.4) is 0 Å². The molecule has 0 aliphatic heterocycles. The quantitative estimate of drug-likeness (QED) is 0.746.